The maximum absolute atomic E-state index is 11.9. The van der Waals surface area contributed by atoms with E-state index < -0.39 is 12.2 Å². The first-order valence-corrected chi connectivity index (χ1v) is 3.36. The standard InChI is InChI=1S/C6H5ClF3NO.ClH/c7-4-2-1-3(12-4)5(11)6(8,9)10;/h1-2,5H,11H2;1H/t5-;/m1./s1. The Morgan fingerprint density at radius 3 is 2.23 bits per heavy atom. The van der Waals surface area contributed by atoms with Crippen molar-refractivity contribution in [1.82, 2.24) is 0 Å². The quantitative estimate of drug-likeness (QED) is 0.814. The molecular weight excluding hydrogens is 230 g/mol. The molecule has 0 spiro atoms. The Morgan fingerprint density at radius 1 is 1.38 bits per heavy atom. The Hall–Kier alpha value is -0.390. The fourth-order valence-corrected chi connectivity index (χ4v) is 0.809. The van der Waals surface area contributed by atoms with E-state index in [1.165, 1.54) is 6.07 Å². The van der Waals surface area contributed by atoms with Crippen molar-refractivity contribution in [1.29, 1.82) is 0 Å². The van der Waals surface area contributed by atoms with Crippen LogP contribution in [0.15, 0.2) is 16.5 Å². The minimum atomic E-state index is -4.50. The van der Waals surface area contributed by atoms with Gasteiger partial charge in [0.1, 0.15) is 5.76 Å². The number of alkyl halides is 3. The minimum Gasteiger partial charge on any atom is -0.448 e. The third-order valence-electron chi connectivity index (χ3n) is 1.25. The second-order valence-corrected chi connectivity index (χ2v) is 2.53. The summed E-state index contributed by atoms with van der Waals surface area (Å²) in [5.41, 5.74) is 4.81. The number of hydrogen-bond donors (Lipinski definition) is 1. The molecule has 0 amide bonds. The molecule has 1 rings (SSSR count). The van der Waals surface area contributed by atoms with Gasteiger partial charge < -0.3 is 10.2 Å². The lowest BCUT2D eigenvalue weighted by molar-refractivity contribution is -0.152. The number of hydrogen-bond acceptors (Lipinski definition) is 2. The van der Waals surface area contributed by atoms with Crippen molar-refractivity contribution in [2.45, 2.75) is 12.2 Å². The van der Waals surface area contributed by atoms with Crippen LogP contribution in [0, 0.1) is 0 Å². The van der Waals surface area contributed by atoms with Crippen LogP contribution in [0.3, 0.4) is 0 Å². The molecule has 0 bridgehead atoms. The van der Waals surface area contributed by atoms with Crippen LogP contribution in [0.5, 0.6) is 0 Å². The van der Waals surface area contributed by atoms with Gasteiger partial charge in [0.25, 0.3) is 0 Å². The monoisotopic (exact) mass is 235 g/mol. The fraction of sp³-hybridized carbons (Fsp3) is 0.333. The highest BCUT2D eigenvalue weighted by Crippen LogP contribution is 2.31. The molecule has 0 fully saturated rings. The predicted octanol–water partition coefficient (Wildman–Crippen LogP) is 2.92. The van der Waals surface area contributed by atoms with E-state index in [0.29, 0.717) is 0 Å². The summed E-state index contributed by atoms with van der Waals surface area (Å²) in [6.07, 6.45) is -4.50. The smallest absolute Gasteiger partial charge is 0.410 e. The van der Waals surface area contributed by atoms with Crippen LogP contribution < -0.4 is 5.73 Å². The van der Waals surface area contributed by atoms with E-state index in [4.69, 9.17) is 17.3 Å². The number of halogens is 5. The molecule has 0 aliphatic heterocycles. The van der Waals surface area contributed by atoms with Gasteiger partial charge >= 0.3 is 6.18 Å². The molecule has 0 radical (unpaired) electrons. The van der Waals surface area contributed by atoms with Crippen molar-refractivity contribution < 1.29 is 17.6 Å². The van der Waals surface area contributed by atoms with Gasteiger partial charge in [0.15, 0.2) is 11.3 Å². The van der Waals surface area contributed by atoms with Crippen LogP contribution in [0.25, 0.3) is 0 Å². The molecule has 1 aromatic rings. The highest BCUT2D eigenvalue weighted by molar-refractivity contribution is 6.28. The lowest BCUT2D eigenvalue weighted by atomic mass is 10.2. The van der Waals surface area contributed by atoms with Crippen molar-refractivity contribution in [2.24, 2.45) is 5.73 Å². The summed E-state index contributed by atoms with van der Waals surface area (Å²) in [6, 6.07) is 0.202. The molecule has 1 atom stereocenters. The van der Waals surface area contributed by atoms with E-state index in [1.54, 1.807) is 0 Å². The molecule has 76 valence electrons. The van der Waals surface area contributed by atoms with E-state index >= 15 is 0 Å². The fourth-order valence-electron chi connectivity index (χ4n) is 0.657. The molecule has 1 heterocycles. The first-order valence-electron chi connectivity index (χ1n) is 2.99. The summed E-state index contributed by atoms with van der Waals surface area (Å²) in [6.45, 7) is 0. The predicted molar refractivity (Wildman–Crippen MR) is 43.9 cm³/mol. The second-order valence-electron chi connectivity index (χ2n) is 2.16. The average molecular weight is 236 g/mol. The molecule has 0 unspecified atom stereocenters. The van der Waals surface area contributed by atoms with E-state index in [-0.39, 0.29) is 23.4 Å². The van der Waals surface area contributed by atoms with Crippen molar-refractivity contribution in [3.8, 4) is 0 Å². The average Bonchev–Trinajstić information content (AvgIpc) is 2.32. The Labute approximate surface area is 83.2 Å². The topological polar surface area (TPSA) is 39.2 Å². The molecule has 2 N–H and O–H groups in total. The lowest BCUT2D eigenvalue weighted by Gasteiger charge is -2.11. The van der Waals surface area contributed by atoms with Crippen LogP contribution in [-0.2, 0) is 0 Å². The zero-order valence-corrected chi connectivity index (χ0v) is 7.71. The molecule has 13 heavy (non-hydrogen) atoms. The van der Waals surface area contributed by atoms with Crippen molar-refractivity contribution in [3.05, 3.63) is 23.1 Å². The Morgan fingerprint density at radius 2 is 1.92 bits per heavy atom. The van der Waals surface area contributed by atoms with E-state index in [0.717, 1.165) is 6.07 Å². The van der Waals surface area contributed by atoms with Crippen LogP contribution in [-0.4, -0.2) is 6.18 Å². The number of rotatable bonds is 1. The van der Waals surface area contributed by atoms with E-state index in [2.05, 4.69) is 4.42 Å². The zero-order valence-electron chi connectivity index (χ0n) is 6.14. The van der Waals surface area contributed by atoms with Gasteiger partial charge in [-0.05, 0) is 23.7 Å². The second kappa shape index (κ2) is 4.21. The van der Waals surface area contributed by atoms with Gasteiger partial charge in [0, 0.05) is 0 Å². The maximum atomic E-state index is 11.9. The number of furan rings is 1. The SMILES string of the molecule is Cl.N[C@H](c1ccc(Cl)o1)C(F)(F)F. The maximum Gasteiger partial charge on any atom is 0.410 e. The first kappa shape index (κ1) is 12.6. The molecule has 0 aliphatic carbocycles. The summed E-state index contributed by atoms with van der Waals surface area (Å²) in [5, 5.41) is -0.107. The molecule has 0 saturated heterocycles. The van der Waals surface area contributed by atoms with Gasteiger partial charge in [-0.15, -0.1) is 12.4 Å². The Balaban J connectivity index is 0.00000144. The van der Waals surface area contributed by atoms with Crippen molar-refractivity contribution in [3.63, 3.8) is 0 Å². The largest absolute Gasteiger partial charge is 0.448 e. The van der Waals surface area contributed by atoms with Crippen LogP contribution >= 0.6 is 24.0 Å². The van der Waals surface area contributed by atoms with Crippen LogP contribution in [0.2, 0.25) is 5.22 Å². The summed E-state index contributed by atoms with van der Waals surface area (Å²) < 4.78 is 40.2. The highest BCUT2D eigenvalue weighted by atomic mass is 35.5. The van der Waals surface area contributed by atoms with Gasteiger partial charge in [-0.3, -0.25) is 0 Å². The summed E-state index contributed by atoms with van der Waals surface area (Å²) in [4.78, 5) is 0. The molecule has 7 heteroatoms. The Kier molecular flexibility index (Phi) is 4.09. The lowest BCUT2D eigenvalue weighted by Crippen LogP contribution is -2.27. The molecule has 0 aromatic carbocycles. The molecule has 1 aromatic heterocycles. The summed E-state index contributed by atoms with van der Waals surface area (Å²) in [5.74, 6) is -0.382. The van der Waals surface area contributed by atoms with E-state index in [9.17, 15) is 13.2 Å². The van der Waals surface area contributed by atoms with Gasteiger partial charge in [-0.1, -0.05) is 0 Å². The highest BCUT2D eigenvalue weighted by Gasteiger charge is 2.39. The Bertz CT molecular complexity index is 273. The van der Waals surface area contributed by atoms with E-state index in [1.807, 2.05) is 0 Å². The van der Waals surface area contributed by atoms with Gasteiger partial charge in [0.05, 0.1) is 0 Å². The molecule has 0 saturated carbocycles. The van der Waals surface area contributed by atoms with Gasteiger partial charge in [0.2, 0.25) is 0 Å². The van der Waals surface area contributed by atoms with Crippen molar-refractivity contribution >= 4 is 24.0 Å². The third kappa shape index (κ3) is 3.10. The first-order chi connectivity index (χ1) is 5.41. The third-order valence-corrected chi connectivity index (χ3v) is 1.46. The summed E-state index contributed by atoms with van der Waals surface area (Å²) >= 11 is 5.26. The summed E-state index contributed by atoms with van der Waals surface area (Å²) in [7, 11) is 0. The van der Waals surface area contributed by atoms with Crippen LogP contribution in [0.1, 0.15) is 11.8 Å². The molecule has 2 nitrogen and oxygen atoms in total. The number of nitrogens with two attached hydrogens (primary N) is 1. The zero-order chi connectivity index (χ0) is 9.35. The van der Waals surface area contributed by atoms with Gasteiger partial charge in [-0.25, -0.2) is 0 Å². The molecule has 0 aliphatic rings. The minimum absolute atomic E-state index is 0. The molecular formula is C6H6Cl2F3NO. The van der Waals surface area contributed by atoms with Crippen LogP contribution in [0.4, 0.5) is 13.2 Å². The normalized spacial score (nSPS) is 13.6. The van der Waals surface area contributed by atoms with Crippen molar-refractivity contribution in [2.75, 3.05) is 0 Å². The van der Waals surface area contributed by atoms with Gasteiger partial charge in [-0.2, -0.15) is 13.2 Å².